The summed E-state index contributed by atoms with van der Waals surface area (Å²) in [7, 11) is 0. The van der Waals surface area contributed by atoms with Gasteiger partial charge in [0.05, 0.1) is 6.61 Å². The normalized spacial score (nSPS) is 42.5. The number of hydrogen-bond donors (Lipinski definition) is 2. The molecule has 2 N–H and O–H groups in total. The van der Waals surface area contributed by atoms with Gasteiger partial charge in [-0.2, -0.15) is 0 Å². The van der Waals surface area contributed by atoms with Crippen LogP contribution in [0.25, 0.3) is 0 Å². The summed E-state index contributed by atoms with van der Waals surface area (Å²) in [5.41, 5.74) is -0.0541. The van der Waals surface area contributed by atoms with Crippen LogP contribution in [0, 0.1) is 5.92 Å². The zero-order valence-corrected chi connectivity index (χ0v) is 8.60. The first-order chi connectivity index (χ1) is 6.21. The van der Waals surface area contributed by atoms with Crippen LogP contribution in [0.2, 0.25) is 0 Å². The van der Waals surface area contributed by atoms with Crippen LogP contribution in [0.4, 0.5) is 0 Å². The highest BCUT2D eigenvalue weighted by Gasteiger charge is 2.40. The molecule has 0 aromatic heterocycles. The molecule has 2 unspecified atom stereocenters. The number of nitrogens with one attached hydrogen (secondary N) is 2. The fourth-order valence-electron chi connectivity index (χ4n) is 2.48. The molecule has 0 aliphatic carbocycles. The molecule has 2 rings (SSSR count). The molecule has 3 nitrogen and oxygen atoms in total. The van der Waals surface area contributed by atoms with Crippen molar-refractivity contribution in [3.63, 3.8) is 0 Å². The van der Waals surface area contributed by atoms with E-state index < -0.39 is 0 Å². The number of piperidine rings is 1. The minimum Gasteiger partial charge on any atom is -0.359 e. The van der Waals surface area contributed by atoms with Gasteiger partial charge in [-0.1, -0.05) is 0 Å². The van der Waals surface area contributed by atoms with Crippen LogP contribution >= 0.6 is 0 Å². The maximum atomic E-state index is 5.85. The van der Waals surface area contributed by atoms with Crippen LogP contribution in [0.3, 0.4) is 0 Å². The highest BCUT2D eigenvalue weighted by Crippen LogP contribution is 2.30. The molecule has 3 heteroatoms. The van der Waals surface area contributed by atoms with Crippen molar-refractivity contribution in [2.24, 2.45) is 5.92 Å². The molecule has 2 fully saturated rings. The van der Waals surface area contributed by atoms with Gasteiger partial charge in [0.1, 0.15) is 5.72 Å². The predicted molar refractivity (Wildman–Crippen MR) is 52.5 cm³/mol. The SMILES string of the molecule is CC1COC(C)(C2CCNCC2)N1. The van der Waals surface area contributed by atoms with Crippen molar-refractivity contribution in [3.05, 3.63) is 0 Å². The molecule has 2 heterocycles. The van der Waals surface area contributed by atoms with Crippen molar-refractivity contribution in [2.45, 2.75) is 38.5 Å². The summed E-state index contributed by atoms with van der Waals surface area (Å²) in [4.78, 5) is 0. The van der Waals surface area contributed by atoms with Crippen LogP contribution in [0.1, 0.15) is 26.7 Å². The monoisotopic (exact) mass is 184 g/mol. The molecule has 0 aromatic carbocycles. The minimum atomic E-state index is -0.0541. The standard InChI is InChI=1S/C10H20N2O/c1-8-7-13-10(2,12-8)9-3-5-11-6-4-9/h8-9,11-12H,3-7H2,1-2H3. The molecular weight excluding hydrogens is 164 g/mol. The van der Waals surface area contributed by atoms with Gasteiger partial charge >= 0.3 is 0 Å². The summed E-state index contributed by atoms with van der Waals surface area (Å²) in [5, 5.41) is 6.93. The van der Waals surface area contributed by atoms with Gasteiger partial charge in [0.2, 0.25) is 0 Å². The van der Waals surface area contributed by atoms with Crippen LogP contribution in [0.5, 0.6) is 0 Å². The first-order valence-corrected chi connectivity index (χ1v) is 5.33. The van der Waals surface area contributed by atoms with Crippen molar-refractivity contribution in [2.75, 3.05) is 19.7 Å². The molecule has 0 amide bonds. The van der Waals surface area contributed by atoms with E-state index in [0.29, 0.717) is 12.0 Å². The second-order valence-corrected chi connectivity index (χ2v) is 4.49. The summed E-state index contributed by atoms with van der Waals surface area (Å²) in [6.07, 6.45) is 2.46. The van der Waals surface area contributed by atoms with Gasteiger partial charge in [0.25, 0.3) is 0 Å². The highest BCUT2D eigenvalue weighted by molar-refractivity contribution is 4.91. The Kier molecular flexibility index (Phi) is 2.58. The van der Waals surface area contributed by atoms with E-state index in [9.17, 15) is 0 Å². The molecule has 76 valence electrons. The minimum absolute atomic E-state index is 0.0541. The Balaban J connectivity index is 1.97. The molecule has 2 atom stereocenters. The maximum absolute atomic E-state index is 5.85. The third-order valence-corrected chi connectivity index (χ3v) is 3.28. The fourth-order valence-corrected chi connectivity index (χ4v) is 2.48. The maximum Gasteiger partial charge on any atom is 0.119 e. The van der Waals surface area contributed by atoms with E-state index in [-0.39, 0.29) is 5.72 Å². The topological polar surface area (TPSA) is 33.3 Å². The van der Waals surface area contributed by atoms with Gasteiger partial charge in [-0.15, -0.1) is 0 Å². The quantitative estimate of drug-likeness (QED) is 0.629. The van der Waals surface area contributed by atoms with E-state index in [0.717, 1.165) is 19.7 Å². The Morgan fingerprint density at radius 2 is 2.00 bits per heavy atom. The first kappa shape index (κ1) is 9.44. The molecule has 2 saturated heterocycles. The van der Waals surface area contributed by atoms with E-state index >= 15 is 0 Å². The third-order valence-electron chi connectivity index (χ3n) is 3.28. The summed E-state index contributed by atoms with van der Waals surface area (Å²) >= 11 is 0. The average Bonchev–Trinajstić information content (AvgIpc) is 2.49. The number of ether oxygens (including phenoxy) is 1. The molecule has 2 aliphatic heterocycles. The molecule has 0 spiro atoms. The second-order valence-electron chi connectivity index (χ2n) is 4.49. The van der Waals surface area contributed by atoms with Gasteiger partial charge in [-0.3, -0.25) is 5.32 Å². The van der Waals surface area contributed by atoms with E-state index in [4.69, 9.17) is 4.74 Å². The Morgan fingerprint density at radius 1 is 1.31 bits per heavy atom. The molecule has 0 bridgehead atoms. The Morgan fingerprint density at radius 3 is 2.54 bits per heavy atom. The third kappa shape index (κ3) is 1.87. The van der Waals surface area contributed by atoms with Crippen LogP contribution < -0.4 is 10.6 Å². The van der Waals surface area contributed by atoms with Gasteiger partial charge < -0.3 is 10.1 Å². The molecule has 2 aliphatic rings. The van der Waals surface area contributed by atoms with Gasteiger partial charge in [-0.05, 0) is 39.8 Å². The van der Waals surface area contributed by atoms with Crippen LogP contribution in [-0.2, 0) is 4.74 Å². The van der Waals surface area contributed by atoms with Gasteiger partial charge in [0.15, 0.2) is 0 Å². The molecule has 0 aromatic rings. The van der Waals surface area contributed by atoms with Crippen molar-refractivity contribution in [1.82, 2.24) is 10.6 Å². The number of hydrogen-bond acceptors (Lipinski definition) is 3. The van der Waals surface area contributed by atoms with Crippen LogP contribution in [-0.4, -0.2) is 31.5 Å². The lowest BCUT2D eigenvalue weighted by atomic mass is 9.88. The van der Waals surface area contributed by atoms with Crippen molar-refractivity contribution in [3.8, 4) is 0 Å². The summed E-state index contributed by atoms with van der Waals surface area (Å²) in [6.45, 7) is 7.53. The van der Waals surface area contributed by atoms with E-state index in [1.807, 2.05) is 0 Å². The van der Waals surface area contributed by atoms with E-state index in [1.54, 1.807) is 0 Å². The van der Waals surface area contributed by atoms with E-state index in [1.165, 1.54) is 12.8 Å². The Bertz CT molecular complexity index is 180. The average molecular weight is 184 g/mol. The Labute approximate surface area is 80.2 Å². The highest BCUT2D eigenvalue weighted by atomic mass is 16.5. The number of rotatable bonds is 1. The molecular formula is C10H20N2O. The molecule has 0 radical (unpaired) electrons. The van der Waals surface area contributed by atoms with Crippen LogP contribution in [0.15, 0.2) is 0 Å². The lowest BCUT2D eigenvalue weighted by Crippen LogP contribution is -2.50. The lowest BCUT2D eigenvalue weighted by Gasteiger charge is -2.36. The summed E-state index contributed by atoms with van der Waals surface area (Å²) < 4.78 is 5.85. The summed E-state index contributed by atoms with van der Waals surface area (Å²) in [6, 6.07) is 0.514. The fraction of sp³-hybridized carbons (Fsp3) is 1.00. The van der Waals surface area contributed by atoms with Crippen molar-refractivity contribution >= 4 is 0 Å². The smallest absolute Gasteiger partial charge is 0.119 e. The van der Waals surface area contributed by atoms with Crippen molar-refractivity contribution < 1.29 is 4.74 Å². The molecule has 13 heavy (non-hydrogen) atoms. The molecule has 0 saturated carbocycles. The Hall–Kier alpha value is -0.120. The van der Waals surface area contributed by atoms with Gasteiger partial charge in [0, 0.05) is 12.0 Å². The first-order valence-electron chi connectivity index (χ1n) is 5.33. The largest absolute Gasteiger partial charge is 0.359 e. The zero-order valence-electron chi connectivity index (χ0n) is 8.60. The van der Waals surface area contributed by atoms with E-state index in [2.05, 4.69) is 24.5 Å². The van der Waals surface area contributed by atoms with Gasteiger partial charge in [-0.25, -0.2) is 0 Å². The zero-order chi connectivity index (χ0) is 9.31. The van der Waals surface area contributed by atoms with Crippen molar-refractivity contribution in [1.29, 1.82) is 0 Å². The predicted octanol–water partition coefficient (Wildman–Crippen LogP) is 0.710. The summed E-state index contributed by atoms with van der Waals surface area (Å²) in [5.74, 6) is 0.679. The second kappa shape index (κ2) is 3.56. The lowest BCUT2D eigenvalue weighted by molar-refractivity contribution is -0.0523.